The largest absolute Gasteiger partial charge is 0.468 e. The molecule has 0 aliphatic carbocycles. The number of furan rings is 1. The zero-order valence-electron chi connectivity index (χ0n) is 18.4. The molecule has 0 radical (unpaired) electrons. The van der Waals surface area contributed by atoms with Gasteiger partial charge in [-0.1, -0.05) is 18.6 Å². The highest BCUT2D eigenvalue weighted by Gasteiger charge is 2.24. The molecule has 1 aliphatic rings. The molecule has 1 aromatic carbocycles. The van der Waals surface area contributed by atoms with Crippen LogP contribution in [0.3, 0.4) is 0 Å². The van der Waals surface area contributed by atoms with Crippen molar-refractivity contribution in [3.05, 3.63) is 59.5 Å². The highest BCUT2D eigenvalue weighted by Crippen LogP contribution is 2.24. The first-order chi connectivity index (χ1) is 14.7. The smallest absolute Gasteiger partial charge is 0.251 e. The molecule has 1 unspecified atom stereocenters. The second-order valence-electron chi connectivity index (χ2n) is 7.48. The van der Waals surface area contributed by atoms with Gasteiger partial charge in [0.05, 0.1) is 18.8 Å². The van der Waals surface area contributed by atoms with Gasteiger partial charge in [0.2, 0.25) is 0 Å². The fraction of sp³-hybridized carbons (Fsp3) is 0.478. The molecule has 0 spiro atoms. The summed E-state index contributed by atoms with van der Waals surface area (Å²) in [4.78, 5) is 18.9. The number of likely N-dealkylation sites (tertiary alicyclic amines) is 1. The molecule has 31 heavy (non-hydrogen) atoms. The van der Waals surface area contributed by atoms with Crippen LogP contribution in [0, 0.1) is 0 Å². The molecule has 1 atom stereocenters. The molecule has 7 nitrogen and oxygen atoms in total. The van der Waals surface area contributed by atoms with Crippen molar-refractivity contribution in [2.75, 3.05) is 33.2 Å². The average molecular weight is 539 g/mol. The Morgan fingerprint density at radius 2 is 1.87 bits per heavy atom. The maximum Gasteiger partial charge on any atom is 0.251 e. The van der Waals surface area contributed by atoms with Gasteiger partial charge in [0.1, 0.15) is 5.76 Å². The Morgan fingerprint density at radius 3 is 2.48 bits per heavy atom. The second kappa shape index (κ2) is 13.4. The summed E-state index contributed by atoms with van der Waals surface area (Å²) in [5.41, 5.74) is 1.71. The molecular weight excluding hydrogens is 505 g/mol. The summed E-state index contributed by atoms with van der Waals surface area (Å²) < 4.78 is 5.74. The van der Waals surface area contributed by atoms with Crippen LogP contribution in [0.1, 0.15) is 53.9 Å². The minimum Gasteiger partial charge on any atom is -0.468 e. The van der Waals surface area contributed by atoms with Gasteiger partial charge >= 0.3 is 0 Å². The van der Waals surface area contributed by atoms with E-state index >= 15 is 0 Å². The van der Waals surface area contributed by atoms with E-state index in [1.54, 1.807) is 13.3 Å². The molecular formula is C23H34IN5O2. The normalized spacial score (nSPS) is 15.6. The van der Waals surface area contributed by atoms with Crippen molar-refractivity contribution < 1.29 is 9.21 Å². The van der Waals surface area contributed by atoms with Crippen molar-refractivity contribution in [3.63, 3.8) is 0 Å². The average Bonchev–Trinajstić information content (AvgIpc) is 3.32. The lowest BCUT2D eigenvalue weighted by Gasteiger charge is -2.33. The maximum atomic E-state index is 11.7. The minimum atomic E-state index is -0.0817. The van der Waals surface area contributed by atoms with Crippen LogP contribution in [0.15, 0.2) is 52.1 Å². The molecule has 0 saturated carbocycles. The molecule has 1 fully saturated rings. The number of carbonyl (C=O) groups is 1. The lowest BCUT2D eigenvalue weighted by molar-refractivity contribution is 0.0963. The monoisotopic (exact) mass is 539 g/mol. The first kappa shape index (κ1) is 25.2. The molecule has 2 heterocycles. The van der Waals surface area contributed by atoms with Crippen LogP contribution in [0.5, 0.6) is 0 Å². The van der Waals surface area contributed by atoms with Gasteiger partial charge in [-0.15, -0.1) is 24.0 Å². The van der Waals surface area contributed by atoms with E-state index in [-0.39, 0.29) is 35.9 Å². The van der Waals surface area contributed by atoms with Gasteiger partial charge in [-0.3, -0.25) is 9.69 Å². The van der Waals surface area contributed by atoms with Gasteiger partial charge in [0, 0.05) is 25.7 Å². The molecule has 1 amide bonds. The van der Waals surface area contributed by atoms with E-state index in [2.05, 4.69) is 33.8 Å². The van der Waals surface area contributed by atoms with E-state index in [9.17, 15) is 4.79 Å². The number of halogens is 1. The first-order valence-corrected chi connectivity index (χ1v) is 10.8. The Kier molecular flexibility index (Phi) is 10.9. The lowest BCUT2D eigenvalue weighted by Crippen LogP contribution is -2.44. The Bertz CT molecular complexity index is 802. The Morgan fingerprint density at radius 1 is 1.13 bits per heavy atom. The van der Waals surface area contributed by atoms with Crippen LogP contribution >= 0.6 is 24.0 Å². The molecule has 1 aliphatic heterocycles. The summed E-state index contributed by atoms with van der Waals surface area (Å²) in [6.07, 6.45) is 5.51. The number of nitrogens with zero attached hydrogens (tertiary/aromatic N) is 2. The Labute approximate surface area is 202 Å². The number of hydrogen-bond donors (Lipinski definition) is 3. The number of guanidine groups is 1. The van der Waals surface area contributed by atoms with E-state index in [4.69, 9.17) is 9.41 Å². The van der Waals surface area contributed by atoms with Gasteiger partial charge in [-0.25, -0.2) is 4.99 Å². The molecule has 3 rings (SSSR count). The maximum absolute atomic E-state index is 11.7. The minimum absolute atomic E-state index is 0. The van der Waals surface area contributed by atoms with Crippen molar-refractivity contribution in [1.82, 2.24) is 20.9 Å². The van der Waals surface area contributed by atoms with Crippen LogP contribution in [-0.4, -0.2) is 50.0 Å². The van der Waals surface area contributed by atoms with E-state index < -0.39 is 0 Å². The third kappa shape index (κ3) is 7.53. The third-order valence-corrected chi connectivity index (χ3v) is 5.37. The predicted octanol–water partition coefficient (Wildman–Crippen LogP) is 3.54. The van der Waals surface area contributed by atoms with Crippen molar-refractivity contribution in [2.45, 2.75) is 38.8 Å². The van der Waals surface area contributed by atoms with Crippen molar-refractivity contribution >= 4 is 35.8 Å². The highest BCUT2D eigenvalue weighted by atomic mass is 127. The molecule has 3 N–H and O–H groups in total. The lowest BCUT2D eigenvalue weighted by atomic mass is 10.1. The van der Waals surface area contributed by atoms with Crippen LogP contribution < -0.4 is 16.0 Å². The molecule has 1 saturated heterocycles. The van der Waals surface area contributed by atoms with Crippen LogP contribution in [-0.2, 0) is 6.54 Å². The van der Waals surface area contributed by atoms with Crippen LogP contribution in [0.25, 0.3) is 0 Å². The summed E-state index contributed by atoms with van der Waals surface area (Å²) in [5.74, 6) is 1.69. The number of piperidine rings is 1. The number of carbonyl (C=O) groups excluding carboxylic acids is 1. The SMILES string of the molecule is CCNC(=NCc1ccc(C(=O)NC)cc1)NCC(c1ccco1)N1CCCCC1.I. The summed E-state index contributed by atoms with van der Waals surface area (Å²) in [5, 5.41) is 9.44. The second-order valence-corrected chi connectivity index (χ2v) is 7.48. The highest BCUT2D eigenvalue weighted by molar-refractivity contribution is 14.0. The Hall–Kier alpha value is -2.07. The Balaban J connectivity index is 0.00000341. The number of aliphatic imine (C=N–C) groups is 1. The molecule has 8 heteroatoms. The summed E-state index contributed by atoms with van der Waals surface area (Å²) in [6.45, 7) is 6.31. The van der Waals surface area contributed by atoms with Gasteiger partial charge in [-0.2, -0.15) is 0 Å². The summed E-state index contributed by atoms with van der Waals surface area (Å²) in [7, 11) is 1.63. The van der Waals surface area contributed by atoms with E-state index in [1.807, 2.05) is 30.3 Å². The number of hydrogen-bond acceptors (Lipinski definition) is 4. The van der Waals surface area contributed by atoms with Crippen LogP contribution in [0.2, 0.25) is 0 Å². The van der Waals surface area contributed by atoms with Crippen molar-refractivity contribution in [2.24, 2.45) is 4.99 Å². The van der Waals surface area contributed by atoms with Crippen molar-refractivity contribution in [3.8, 4) is 0 Å². The van der Waals surface area contributed by atoms with E-state index in [0.717, 1.165) is 43.5 Å². The van der Waals surface area contributed by atoms with Gasteiger partial charge in [0.25, 0.3) is 5.91 Å². The van der Waals surface area contributed by atoms with Gasteiger partial charge in [-0.05, 0) is 62.7 Å². The molecule has 0 bridgehead atoms. The summed E-state index contributed by atoms with van der Waals surface area (Å²) >= 11 is 0. The molecule has 1 aromatic heterocycles. The molecule has 2 aromatic rings. The van der Waals surface area contributed by atoms with Gasteiger partial charge < -0.3 is 20.4 Å². The van der Waals surface area contributed by atoms with E-state index in [0.29, 0.717) is 12.1 Å². The predicted molar refractivity (Wildman–Crippen MR) is 135 cm³/mol. The number of rotatable bonds is 8. The zero-order valence-corrected chi connectivity index (χ0v) is 20.7. The number of benzene rings is 1. The third-order valence-electron chi connectivity index (χ3n) is 5.37. The van der Waals surface area contributed by atoms with Crippen LogP contribution in [0.4, 0.5) is 0 Å². The number of nitrogens with one attached hydrogen (secondary N) is 3. The topological polar surface area (TPSA) is 81.9 Å². The fourth-order valence-corrected chi connectivity index (χ4v) is 3.73. The first-order valence-electron chi connectivity index (χ1n) is 10.8. The fourth-order valence-electron chi connectivity index (χ4n) is 3.73. The summed E-state index contributed by atoms with van der Waals surface area (Å²) in [6, 6.07) is 11.7. The molecule has 170 valence electrons. The number of amides is 1. The zero-order chi connectivity index (χ0) is 21.2. The van der Waals surface area contributed by atoms with Gasteiger partial charge in [0.15, 0.2) is 5.96 Å². The standard InChI is InChI=1S/C23H33N5O2.HI/c1-3-25-23(26-16-18-9-11-19(12-10-18)22(29)24-2)27-17-20(21-8-7-15-30-21)28-13-5-4-6-14-28;/h7-12,15,20H,3-6,13-14,16-17H2,1-2H3,(H,24,29)(H2,25,26,27);1H. The van der Waals surface area contributed by atoms with Crippen molar-refractivity contribution in [1.29, 1.82) is 0 Å². The van der Waals surface area contributed by atoms with E-state index in [1.165, 1.54) is 19.3 Å². The quantitative estimate of drug-likeness (QED) is 0.272.